The Labute approximate surface area is 85.9 Å². The van der Waals surface area contributed by atoms with Gasteiger partial charge in [0.05, 0.1) is 11.1 Å². The molecule has 2 aromatic heterocycles. The van der Waals surface area contributed by atoms with Gasteiger partial charge in [-0.3, -0.25) is 5.10 Å². The molecule has 0 saturated heterocycles. The predicted molar refractivity (Wildman–Crippen MR) is 56.8 cm³/mol. The molecule has 0 aromatic carbocycles. The molecule has 0 bridgehead atoms. The van der Waals surface area contributed by atoms with Crippen molar-refractivity contribution in [2.75, 3.05) is 12.3 Å². The molecule has 0 aliphatic rings. The summed E-state index contributed by atoms with van der Waals surface area (Å²) in [7, 11) is 0. The van der Waals surface area contributed by atoms with E-state index in [1.54, 1.807) is 0 Å². The molecule has 6 heteroatoms. The highest BCUT2D eigenvalue weighted by molar-refractivity contribution is 5.92. The number of aliphatic hydroxyl groups excluding tert-OH is 1. The van der Waals surface area contributed by atoms with Crippen LogP contribution in [0.2, 0.25) is 0 Å². The Morgan fingerprint density at radius 3 is 3.13 bits per heavy atom. The van der Waals surface area contributed by atoms with Gasteiger partial charge >= 0.3 is 0 Å². The molecule has 0 spiro atoms. The van der Waals surface area contributed by atoms with E-state index in [-0.39, 0.29) is 6.61 Å². The number of anilines is 1. The van der Waals surface area contributed by atoms with Crippen molar-refractivity contribution >= 4 is 22.9 Å². The summed E-state index contributed by atoms with van der Waals surface area (Å²) in [5, 5.41) is 16.2. The van der Waals surface area contributed by atoms with E-state index in [4.69, 9.17) is 10.8 Å². The molecule has 6 nitrogen and oxygen atoms in total. The molecule has 15 heavy (non-hydrogen) atoms. The van der Waals surface area contributed by atoms with Crippen LogP contribution < -0.4 is 5.73 Å². The number of nitrogens with one attached hydrogen (secondary N) is 1. The molecule has 0 radical (unpaired) electrons. The second-order valence-electron chi connectivity index (χ2n) is 3.01. The van der Waals surface area contributed by atoms with Crippen LogP contribution in [0.25, 0.3) is 17.1 Å². The first-order chi connectivity index (χ1) is 7.33. The van der Waals surface area contributed by atoms with Crippen molar-refractivity contribution in [3.05, 3.63) is 18.1 Å². The Kier molecular flexibility index (Phi) is 2.59. The first-order valence-electron chi connectivity index (χ1n) is 4.55. The predicted octanol–water partition coefficient (Wildman–Crippen LogP) is 0.331. The summed E-state index contributed by atoms with van der Waals surface area (Å²) < 4.78 is 0. The summed E-state index contributed by atoms with van der Waals surface area (Å²) in [6, 6.07) is 0. The lowest BCUT2D eigenvalue weighted by atomic mass is 10.2. The first kappa shape index (κ1) is 9.60. The van der Waals surface area contributed by atoms with Crippen molar-refractivity contribution in [3.8, 4) is 0 Å². The van der Waals surface area contributed by atoms with Crippen LogP contribution in [0.15, 0.2) is 12.4 Å². The number of nitrogen functional groups attached to an aromatic ring is 1. The van der Waals surface area contributed by atoms with Crippen LogP contribution in [0.1, 0.15) is 12.1 Å². The zero-order chi connectivity index (χ0) is 10.7. The Morgan fingerprint density at radius 1 is 1.47 bits per heavy atom. The Bertz CT molecular complexity index is 490. The Balaban J connectivity index is 2.44. The van der Waals surface area contributed by atoms with Crippen LogP contribution in [0.4, 0.5) is 5.82 Å². The number of H-pyrrole nitrogens is 1. The second-order valence-corrected chi connectivity index (χ2v) is 3.01. The van der Waals surface area contributed by atoms with E-state index >= 15 is 0 Å². The highest BCUT2D eigenvalue weighted by atomic mass is 16.2. The third kappa shape index (κ3) is 1.79. The molecule has 0 aliphatic heterocycles. The molecule has 2 rings (SSSR count). The van der Waals surface area contributed by atoms with E-state index in [1.165, 1.54) is 6.33 Å². The Morgan fingerprint density at radius 2 is 2.33 bits per heavy atom. The minimum atomic E-state index is 0.120. The van der Waals surface area contributed by atoms with Crippen molar-refractivity contribution < 1.29 is 5.11 Å². The molecular weight excluding hydrogens is 194 g/mol. The van der Waals surface area contributed by atoms with Gasteiger partial charge in [0.15, 0.2) is 5.65 Å². The lowest BCUT2D eigenvalue weighted by molar-refractivity contribution is 0.303. The Hall–Kier alpha value is -1.95. The van der Waals surface area contributed by atoms with Crippen LogP contribution in [0, 0.1) is 0 Å². The SMILES string of the molecule is Nc1ncnc2n[nH]c(C=CCCO)c12. The zero-order valence-corrected chi connectivity index (χ0v) is 8.01. The van der Waals surface area contributed by atoms with Crippen molar-refractivity contribution in [3.63, 3.8) is 0 Å². The molecule has 0 aliphatic carbocycles. The largest absolute Gasteiger partial charge is 0.396 e. The molecule has 0 saturated carbocycles. The monoisotopic (exact) mass is 205 g/mol. The molecule has 2 aromatic rings. The minimum Gasteiger partial charge on any atom is -0.396 e. The maximum atomic E-state index is 8.64. The van der Waals surface area contributed by atoms with E-state index in [2.05, 4.69) is 20.2 Å². The quantitative estimate of drug-likeness (QED) is 0.670. The number of nitrogens with zero attached hydrogens (tertiary/aromatic N) is 3. The number of aromatic nitrogens is 4. The standard InChI is InChI=1S/C9H11N5O/c10-8-7-6(3-1-2-4-15)13-14-9(7)12-5-11-8/h1,3,5,15H,2,4H2,(H3,10,11,12,13,14). The third-order valence-electron chi connectivity index (χ3n) is 1.99. The van der Waals surface area contributed by atoms with E-state index in [0.29, 0.717) is 23.3 Å². The van der Waals surface area contributed by atoms with Crippen LogP contribution in [0.3, 0.4) is 0 Å². The van der Waals surface area contributed by atoms with Gasteiger partial charge in [-0.05, 0) is 12.5 Å². The van der Waals surface area contributed by atoms with Crippen molar-refractivity contribution in [1.82, 2.24) is 20.2 Å². The van der Waals surface area contributed by atoms with Crippen molar-refractivity contribution in [2.45, 2.75) is 6.42 Å². The summed E-state index contributed by atoms with van der Waals surface area (Å²) in [5.74, 6) is 0.400. The topological polar surface area (TPSA) is 101 Å². The molecule has 4 N–H and O–H groups in total. The molecule has 0 fully saturated rings. The fraction of sp³-hybridized carbons (Fsp3) is 0.222. The molecule has 2 heterocycles. The smallest absolute Gasteiger partial charge is 0.186 e. The average Bonchev–Trinajstić information content (AvgIpc) is 2.63. The summed E-state index contributed by atoms with van der Waals surface area (Å²) in [6.07, 6.45) is 5.61. The van der Waals surface area contributed by atoms with Crippen LogP contribution in [-0.2, 0) is 0 Å². The van der Waals surface area contributed by atoms with Gasteiger partial charge in [-0.25, -0.2) is 9.97 Å². The number of hydrogen-bond donors (Lipinski definition) is 3. The molecule has 0 unspecified atom stereocenters. The van der Waals surface area contributed by atoms with Gasteiger partial charge < -0.3 is 10.8 Å². The third-order valence-corrected chi connectivity index (χ3v) is 1.99. The van der Waals surface area contributed by atoms with Gasteiger partial charge in [-0.15, -0.1) is 0 Å². The first-order valence-corrected chi connectivity index (χ1v) is 4.55. The number of nitrogens with two attached hydrogens (primary N) is 1. The molecule has 0 amide bonds. The molecule has 78 valence electrons. The van der Waals surface area contributed by atoms with Crippen molar-refractivity contribution in [1.29, 1.82) is 0 Å². The van der Waals surface area contributed by atoms with Crippen LogP contribution in [-0.4, -0.2) is 31.9 Å². The number of aromatic amines is 1. The van der Waals surface area contributed by atoms with E-state index < -0.39 is 0 Å². The summed E-state index contributed by atoms with van der Waals surface area (Å²) >= 11 is 0. The number of hydrogen-bond acceptors (Lipinski definition) is 5. The maximum absolute atomic E-state index is 8.64. The summed E-state index contributed by atoms with van der Waals surface area (Å²) in [4.78, 5) is 7.87. The lowest BCUT2D eigenvalue weighted by Gasteiger charge is -1.93. The van der Waals surface area contributed by atoms with Gasteiger partial charge in [-0.2, -0.15) is 5.10 Å². The van der Waals surface area contributed by atoms with E-state index in [1.807, 2.05) is 12.2 Å². The maximum Gasteiger partial charge on any atom is 0.186 e. The molecule has 0 atom stereocenters. The van der Waals surface area contributed by atoms with Gasteiger partial charge in [0.1, 0.15) is 12.1 Å². The van der Waals surface area contributed by atoms with Crippen LogP contribution >= 0.6 is 0 Å². The van der Waals surface area contributed by atoms with E-state index in [0.717, 1.165) is 5.69 Å². The number of aliphatic hydroxyl groups is 1. The number of rotatable bonds is 3. The second kappa shape index (κ2) is 4.05. The van der Waals surface area contributed by atoms with E-state index in [9.17, 15) is 0 Å². The number of fused-ring (bicyclic) bond motifs is 1. The normalized spacial score (nSPS) is 11.5. The fourth-order valence-electron chi connectivity index (χ4n) is 1.30. The van der Waals surface area contributed by atoms with Gasteiger partial charge in [0.2, 0.25) is 0 Å². The van der Waals surface area contributed by atoms with Gasteiger partial charge in [0.25, 0.3) is 0 Å². The van der Waals surface area contributed by atoms with Gasteiger partial charge in [-0.1, -0.05) is 6.08 Å². The fourth-order valence-corrected chi connectivity index (χ4v) is 1.30. The van der Waals surface area contributed by atoms with Crippen LogP contribution in [0.5, 0.6) is 0 Å². The minimum absolute atomic E-state index is 0.120. The highest BCUT2D eigenvalue weighted by Crippen LogP contribution is 2.19. The molecular formula is C9H11N5O. The average molecular weight is 205 g/mol. The zero-order valence-electron chi connectivity index (χ0n) is 8.01. The lowest BCUT2D eigenvalue weighted by Crippen LogP contribution is -1.92. The van der Waals surface area contributed by atoms with Crippen molar-refractivity contribution in [2.24, 2.45) is 0 Å². The summed E-state index contributed by atoms with van der Waals surface area (Å²) in [5.41, 5.74) is 7.02. The van der Waals surface area contributed by atoms with Gasteiger partial charge in [0, 0.05) is 6.61 Å². The summed E-state index contributed by atoms with van der Waals surface area (Å²) in [6.45, 7) is 0.120. The highest BCUT2D eigenvalue weighted by Gasteiger charge is 2.07.